The van der Waals surface area contributed by atoms with Gasteiger partial charge in [-0.1, -0.05) is 26.1 Å². The zero-order valence-electron chi connectivity index (χ0n) is 10.8. The Morgan fingerprint density at radius 3 is 2.78 bits per heavy atom. The molecule has 0 saturated carbocycles. The van der Waals surface area contributed by atoms with Gasteiger partial charge in [-0.25, -0.2) is 15.0 Å². The summed E-state index contributed by atoms with van der Waals surface area (Å²) in [5.74, 6) is 2.00. The molecule has 2 aromatic rings. The quantitative estimate of drug-likeness (QED) is 0.862. The molecule has 0 aromatic carbocycles. The van der Waals surface area contributed by atoms with Crippen LogP contribution in [0.3, 0.4) is 0 Å². The maximum Gasteiger partial charge on any atom is 0.157 e. The lowest BCUT2D eigenvalue weighted by molar-refractivity contribution is 0.634. The first-order valence-electron chi connectivity index (χ1n) is 5.95. The van der Waals surface area contributed by atoms with Gasteiger partial charge in [0, 0.05) is 11.9 Å². The molecule has 94 valence electrons. The largest absolute Gasteiger partial charge is 0.342 e. The number of nitrogens with one attached hydrogen (secondary N) is 1. The summed E-state index contributed by atoms with van der Waals surface area (Å²) in [5, 5.41) is 0. The molecule has 0 radical (unpaired) electrons. The van der Waals surface area contributed by atoms with Crippen molar-refractivity contribution in [2.45, 2.75) is 27.2 Å². The van der Waals surface area contributed by atoms with Crippen molar-refractivity contribution in [2.75, 3.05) is 0 Å². The molecule has 0 aliphatic rings. The monoisotopic (exact) mass is 260 g/mol. The number of nitrogens with zero attached hydrogens (tertiary/aromatic N) is 3. The molecule has 4 nitrogen and oxygen atoms in total. The summed E-state index contributed by atoms with van der Waals surface area (Å²) in [4.78, 5) is 16.0. The van der Waals surface area contributed by atoms with Gasteiger partial charge < -0.3 is 4.98 Å². The molecule has 2 aromatic heterocycles. The molecule has 0 atom stereocenters. The van der Waals surface area contributed by atoms with Crippen LogP contribution in [0, 0.1) is 17.5 Å². The molecule has 0 spiro atoms. The maximum atomic E-state index is 5.20. The Bertz CT molecular complexity index is 604. The summed E-state index contributed by atoms with van der Waals surface area (Å²) in [7, 11) is 0. The Morgan fingerprint density at radius 2 is 2.11 bits per heavy atom. The van der Waals surface area contributed by atoms with Crippen LogP contribution in [0.5, 0.6) is 0 Å². The van der Waals surface area contributed by atoms with Crippen molar-refractivity contribution in [2.24, 2.45) is 5.92 Å². The Labute approximate surface area is 112 Å². The predicted octanol–water partition coefficient (Wildman–Crippen LogP) is 3.10. The van der Waals surface area contributed by atoms with E-state index in [1.807, 2.05) is 19.1 Å². The van der Waals surface area contributed by atoms with Gasteiger partial charge in [-0.05, 0) is 31.4 Å². The second-order valence-electron chi connectivity index (χ2n) is 4.68. The van der Waals surface area contributed by atoms with E-state index in [4.69, 9.17) is 12.2 Å². The maximum absolute atomic E-state index is 5.20. The van der Waals surface area contributed by atoms with Crippen molar-refractivity contribution in [1.29, 1.82) is 0 Å². The molecule has 0 bridgehead atoms. The van der Waals surface area contributed by atoms with E-state index in [0.717, 1.165) is 23.6 Å². The molecule has 2 heterocycles. The second-order valence-corrected chi connectivity index (χ2v) is 5.10. The van der Waals surface area contributed by atoms with Gasteiger partial charge in [-0.15, -0.1) is 0 Å². The highest BCUT2D eigenvalue weighted by Gasteiger charge is 2.05. The summed E-state index contributed by atoms with van der Waals surface area (Å²) >= 11 is 5.20. The van der Waals surface area contributed by atoms with Gasteiger partial charge in [0.1, 0.15) is 16.2 Å². The molecule has 0 unspecified atom stereocenters. The number of H-pyrrole nitrogens is 1. The van der Waals surface area contributed by atoms with Crippen molar-refractivity contribution < 1.29 is 0 Å². The van der Waals surface area contributed by atoms with E-state index >= 15 is 0 Å². The molecule has 0 aliphatic carbocycles. The minimum absolute atomic E-state index is 0.568. The summed E-state index contributed by atoms with van der Waals surface area (Å²) in [6.07, 6.45) is 2.68. The Morgan fingerprint density at radius 1 is 1.33 bits per heavy atom. The lowest BCUT2D eigenvalue weighted by atomic mass is 10.1. The minimum atomic E-state index is 0.568. The molecule has 0 fully saturated rings. The third kappa shape index (κ3) is 3.20. The standard InChI is InChI=1S/C13H16N4S/c1-8(2)6-10-7-12(18)17-13(16-10)11-4-5-14-9(3)15-11/h4-5,7-8H,6H2,1-3H3,(H,16,17,18). The van der Waals surface area contributed by atoms with E-state index < -0.39 is 0 Å². The van der Waals surface area contributed by atoms with Crippen LogP contribution >= 0.6 is 12.2 Å². The Balaban J connectivity index is 2.45. The SMILES string of the molecule is Cc1nccc(-c2nc(=S)cc(CC(C)C)[nH]2)n1. The number of aromatic nitrogens is 4. The number of hydrogen-bond acceptors (Lipinski definition) is 4. The molecule has 1 N–H and O–H groups in total. The first kappa shape index (κ1) is 12.8. The van der Waals surface area contributed by atoms with Crippen molar-refractivity contribution in [1.82, 2.24) is 19.9 Å². The molecular formula is C13H16N4S. The van der Waals surface area contributed by atoms with Crippen molar-refractivity contribution >= 4 is 12.2 Å². The number of rotatable bonds is 3. The average Bonchev–Trinajstić information content (AvgIpc) is 2.27. The van der Waals surface area contributed by atoms with Gasteiger partial charge in [0.2, 0.25) is 0 Å². The minimum Gasteiger partial charge on any atom is -0.342 e. The van der Waals surface area contributed by atoms with Crippen LogP contribution in [0.15, 0.2) is 18.3 Å². The van der Waals surface area contributed by atoms with Crippen LogP contribution in [0.1, 0.15) is 25.4 Å². The topological polar surface area (TPSA) is 54.5 Å². The van der Waals surface area contributed by atoms with Crippen LogP contribution in [0.4, 0.5) is 0 Å². The molecule has 18 heavy (non-hydrogen) atoms. The fraction of sp³-hybridized carbons (Fsp3) is 0.385. The van der Waals surface area contributed by atoms with Gasteiger partial charge >= 0.3 is 0 Å². The van der Waals surface area contributed by atoms with Gasteiger partial charge in [0.25, 0.3) is 0 Å². The zero-order valence-corrected chi connectivity index (χ0v) is 11.6. The number of hydrogen-bond donors (Lipinski definition) is 1. The average molecular weight is 260 g/mol. The highest BCUT2D eigenvalue weighted by Crippen LogP contribution is 2.13. The predicted molar refractivity (Wildman–Crippen MR) is 73.7 cm³/mol. The first-order valence-corrected chi connectivity index (χ1v) is 6.35. The van der Waals surface area contributed by atoms with Crippen LogP contribution < -0.4 is 0 Å². The lowest BCUT2D eigenvalue weighted by Crippen LogP contribution is -2.02. The van der Waals surface area contributed by atoms with Crippen LogP contribution in [0.25, 0.3) is 11.5 Å². The Hall–Kier alpha value is -1.62. The van der Waals surface area contributed by atoms with E-state index in [-0.39, 0.29) is 0 Å². The molecular weight excluding hydrogens is 244 g/mol. The van der Waals surface area contributed by atoms with Gasteiger partial charge in [0.15, 0.2) is 5.82 Å². The smallest absolute Gasteiger partial charge is 0.157 e. The van der Waals surface area contributed by atoms with E-state index in [0.29, 0.717) is 16.4 Å². The molecule has 0 amide bonds. The third-order valence-electron chi connectivity index (χ3n) is 2.45. The van der Waals surface area contributed by atoms with Crippen molar-refractivity contribution in [3.8, 4) is 11.5 Å². The van der Waals surface area contributed by atoms with Gasteiger partial charge in [-0.3, -0.25) is 0 Å². The normalized spacial score (nSPS) is 10.9. The van der Waals surface area contributed by atoms with Gasteiger partial charge in [-0.2, -0.15) is 0 Å². The summed E-state index contributed by atoms with van der Waals surface area (Å²) in [6, 6.07) is 3.74. The van der Waals surface area contributed by atoms with Crippen molar-refractivity contribution in [3.63, 3.8) is 0 Å². The fourth-order valence-corrected chi connectivity index (χ4v) is 2.00. The summed E-state index contributed by atoms with van der Waals surface area (Å²) < 4.78 is 0.593. The van der Waals surface area contributed by atoms with E-state index in [9.17, 15) is 0 Å². The van der Waals surface area contributed by atoms with E-state index in [2.05, 4.69) is 33.8 Å². The highest BCUT2D eigenvalue weighted by molar-refractivity contribution is 7.71. The van der Waals surface area contributed by atoms with Crippen LogP contribution in [-0.2, 0) is 6.42 Å². The van der Waals surface area contributed by atoms with Crippen LogP contribution in [0.2, 0.25) is 0 Å². The van der Waals surface area contributed by atoms with E-state index in [1.165, 1.54) is 0 Å². The number of aromatic amines is 1. The Kier molecular flexibility index (Phi) is 3.81. The molecule has 5 heteroatoms. The lowest BCUT2D eigenvalue weighted by Gasteiger charge is -2.07. The third-order valence-corrected chi connectivity index (χ3v) is 2.65. The first-order chi connectivity index (χ1) is 8.54. The fourth-order valence-electron chi connectivity index (χ4n) is 1.77. The van der Waals surface area contributed by atoms with Crippen LogP contribution in [-0.4, -0.2) is 19.9 Å². The summed E-state index contributed by atoms with van der Waals surface area (Å²) in [6.45, 7) is 6.20. The highest BCUT2D eigenvalue weighted by atomic mass is 32.1. The van der Waals surface area contributed by atoms with Gasteiger partial charge in [0.05, 0.1) is 0 Å². The summed E-state index contributed by atoms with van der Waals surface area (Å²) in [5.41, 5.74) is 1.87. The van der Waals surface area contributed by atoms with E-state index in [1.54, 1.807) is 6.20 Å². The second kappa shape index (κ2) is 5.35. The molecule has 0 aliphatic heterocycles. The molecule has 0 saturated heterocycles. The molecule has 2 rings (SSSR count). The van der Waals surface area contributed by atoms with Crippen molar-refractivity contribution in [3.05, 3.63) is 34.5 Å². The zero-order chi connectivity index (χ0) is 13.1. The number of aryl methyl sites for hydroxylation is 1.